The van der Waals surface area contributed by atoms with Gasteiger partial charge in [-0.05, 0) is 51.2 Å². The fourth-order valence-electron chi connectivity index (χ4n) is 3.36. The molecular weight excluding hydrogens is 372 g/mol. The number of methoxy groups -OCH3 is 1. The minimum atomic E-state index is -0.454. The van der Waals surface area contributed by atoms with Crippen LogP contribution in [0.4, 0.5) is 5.69 Å². The molecule has 2 aromatic carbocycles. The molecule has 0 saturated carbocycles. The molecule has 0 amide bonds. The first kappa shape index (κ1) is 19.9. The van der Waals surface area contributed by atoms with Gasteiger partial charge in [-0.25, -0.2) is 4.79 Å². The van der Waals surface area contributed by atoms with Crippen molar-refractivity contribution < 1.29 is 14.3 Å². The molecule has 2 aromatic rings. The zero-order chi connectivity index (χ0) is 20.3. The third-order valence-electron chi connectivity index (χ3n) is 4.71. The Morgan fingerprint density at radius 2 is 1.82 bits per heavy atom. The van der Waals surface area contributed by atoms with E-state index in [1.54, 1.807) is 0 Å². The lowest BCUT2D eigenvalue weighted by Crippen LogP contribution is -2.48. The van der Waals surface area contributed by atoms with E-state index in [2.05, 4.69) is 5.32 Å². The normalized spacial score (nSPS) is 16.6. The highest BCUT2D eigenvalue weighted by Crippen LogP contribution is 2.37. The molecule has 1 heterocycles. The Kier molecular flexibility index (Phi) is 5.99. The number of benzene rings is 2. The van der Waals surface area contributed by atoms with E-state index < -0.39 is 12.0 Å². The fraction of sp³-hybridized carbons (Fsp3) is 0.273. The Morgan fingerprint density at radius 1 is 1.14 bits per heavy atom. The third-order valence-corrected chi connectivity index (χ3v) is 5.01. The molecule has 0 radical (unpaired) electrons. The Bertz CT molecular complexity index is 922. The molecule has 0 spiro atoms. The summed E-state index contributed by atoms with van der Waals surface area (Å²) in [6.07, 6.45) is 0. The summed E-state index contributed by atoms with van der Waals surface area (Å²) in [4.78, 5) is 14.6. The van der Waals surface area contributed by atoms with Gasteiger partial charge in [0, 0.05) is 16.9 Å². The molecule has 1 aliphatic rings. The summed E-state index contributed by atoms with van der Waals surface area (Å²) in [6, 6.07) is 15.2. The largest absolute Gasteiger partial charge is 0.494 e. The van der Waals surface area contributed by atoms with Crippen LogP contribution < -0.4 is 15.0 Å². The SMILES string of the molecule is CCOc1ccccc1[C@H]1NC(=S)N(c2ccc(C)cc2)C(C)=C1C(=O)OC. The standard InChI is InChI=1S/C22H24N2O3S/c1-5-27-18-9-7-6-8-17(18)20-19(21(25)26-4)15(3)24(22(28)23-20)16-12-10-14(2)11-13-16/h6-13,20H,5H2,1-4H3,(H,23,28)/t20-/m1/s1. The minimum absolute atomic E-state index is 0.402. The summed E-state index contributed by atoms with van der Waals surface area (Å²) < 4.78 is 10.9. The van der Waals surface area contributed by atoms with Gasteiger partial charge in [-0.15, -0.1) is 0 Å². The molecule has 3 rings (SSSR count). The second-order valence-electron chi connectivity index (χ2n) is 6.51. The van der Waals surface area contributed by atoms with E-state index in [1.165, 1.54) is 7.11 Å². The topological polar surface area (TPSA) is 50.8 Å². The molecule has 6 heteroatoms. The van der Waals surface area contributed by atoms with Crippen LogP contribution >= 0.6 is 12.2 Å². The second-order valence-corrected chi connectivity index (χ2v) is 6.90. The summed E-state index contributed by atoms with van der Waals surface area (Å²) in [5.74, 6) is 0.309. The van der Waals surface area contributed by atoms with Crippen LogP contribution in [0.3, 0.4) is 0 Å². The van der Waals surface area contributed by atoms with Crippen molar-refractivity contribution in [1.82, 2.24) is 5.32 Å². The van der Waals surface area contributed by atoms with Gasteiger partial charge < -0.3 is 14.8 Å². The lowest BCUT2D eigenvalue weighted by molar-refractivity contribution is -0.136. The molecule has 0 aliphatic carbocycles. The number of hydrogen-bond donors (Lipinski definition) is 1. The molecule has 0 fully saturated rings. The predicted molar refractivity (Wildman–Crippen MR) is 114 cm³/mol. The summed E-state index contributed by atoms with van der Waals surface area (Å²) in [6.45, 7) is 6.37. The Balaban J connectivity index is 2.14. The number of nitrogens with one attached hydrogen (secondary N) is 1. The van der Waals surface area contributed by atoms with Gasteiger partial charge in [-0.3, -0.25) is 4.90 Å². The van der Waals surface area contributed by atoms with Gasteiger partial charge in [-0.2, -0.15) is 0 Å². The van der Waals surface area contributed by atoms with Gasteiger partial charge in [0.15, 0.2) is 5.11 Å². The van der Waals surface area contributed by atoms with E-state index in [1.807, 2.05) is 74.2 Å². The average Bonchev–Trinajstić information content (AvgIpc) is 2.69. The summed E-state index contributed by atoms with van der Waals surface area (Å²) in [5.41, 5.74) is 4.12. The van der Waals surface area contributed by atoms with Crippen LogP contribution in [0, 0.1) is 6.92 Å². The number of thiocarbonyl (C=S) groups is 1. The van der Waals surface area contributed by atoms with Crippen LogP contribution in [-0.2, 0) is 9.53 Å². The molecule has 0 aromatic heterocycles. The quantitative estimate of drug-likeness (QED) is 0.601. The van der Waals surface area contributed by atoms with Crippen LogP contribution in [0.15, 0.2) is 59.8 Å². The highest BCUT2D eigenvalue weighted by molar-refractivity contribution is 7.80. The highest BCUT2D eigenvalue weighted by Gasteiger charge is 2.36. The molecule has 0 unspecified atom stereocenters. The van der Waals surface area contributed by atoms with Gasteiger partial charge in [-0.1, -0.05) is 35.9 Å². The van der Waals surface area contributed by atoms with E-state index in [9.17, 15) is 4.79 Å². The lowest BCUT2D eigenvalue weighted by Gasteiger charge is -2.37. The minimum Gasteiger partial charge on any atom is -0.494 e. The first-order valence-electron chi connectivity index (χ1n) is 9.16. The van der Waals surface area contributed by atoms with Crippen LogP contribution in [0.2, 0.25) is 0 Å². The first-order chi connectivity index (χ1) is 13.5. The van der Waals surface area contributed by atoms with Crippen LogP contribution in [0.5, 0.6) is 5.75 Å². The molecule has 1 aliphatic heterocycles. The number of ether oxygens (including phenoxy) is 2. The maximum atomic E-state index is 12.7. The third kappa shape index (κ3) is 3.73. The lowest BCUT2D eigenvalue weighted by atomic mass is 9.94. The Hall–Kier alpha value is -2.86. The van der Waals surface area contributed by atoms with Crippen molar-refractivity contribution in [3.63, 3.8) is 0 Å². The highest BCUT2D eigenvalue weighted by atomic mass is 32.1. The monoisotopic (exact) mass is 396 g/mol. The molecule has 28 heavy (non-hydrogen) atoms. The van der Waals surface area contributed by atoms with Gasteiger partial charge in [0.05, 0.1) is 25.3 Å². The Morgan fingerprint density at radius 3 is 2.46 bits per heavy atom. The summed E-state index contributed by atoms with van der Waals surface area (Å²) >= 11 is 5.67. The van der Waals surface area contributed by atoms with Crippen molar-refractivity contribution in [3.8, 4) is 5.75 Å². The number of nitrogens with zero attached hydrogens (tertiary/aromatic N) is 1. The predicted octanol–water partition coefficient (Wildman–Crippen LogP) is 4.28. The number of carbonyl (C=O) groups excluding carboxylic acids is 1. The van der Waals surface area contributed by atoms with Gasteiger partial charge in [0.1, 0.15) is 5.75 Å². The number of esters is 1. The molecular formula is C22H24N2O3S. The zero-order valence-corrected chi connectivity index (χ0v) is 17.3. The summed E-state index contributed by atoms with van der Waals surface area (Å²) in [5, 5.41) is 3.83. The number of anilines is 1. The smallest absolute Gasteiger partial charge is 0.337 e. The van der Waals surface area contributed by atoms with E-state index in [0.717, 1.165) is 22.5 Å². The van der Waals surface area contributed by atoms with Crippen LogP contribution in [0.25, 0.3) is 0 Å². The Labute approximate surface area is 170 Å². The molecule has 0 bridgehead atoms. The first-order valence-corrected chi connectivity index (χ1v) is 9.56. The van der Waals surface area contributed by atoms with Crippen molar-refractivity contribution in [3.05, 3.63) is 70.9 Å². The zero-order valence-electron chi connectivity index (χ0n) is 16.5. The van der Waals surface area contributed by atoms with E-state index in [0.29, 0.717) is 23.0 Å². The number of allylic oxidation sites excluding steroid dienone is 1. The van der Waals surface area contributed by atoms with E-state index in [4.69, 9.17) is 21.7 Å². The van der Waals surface area contributed by atoms with Crippen molar-refractivity contribution in [2.24, 2.45) is 0 Å². The van der Waals surface area contributed by atoms with Gasteiger partial charge in [0.25, 0.3) is 0 Å². The number of hydrogen-bond acceptors (Lipinski definition) is 4. The number of para-hydroxylation sites is 1. The molecule has 146 valence electrons. The van der Waals surface area contributed by atoms with Crippen molar-refractivity contribution >= 4 is 29.0 Å². The van der Waals surface area contributed by atoms with Crippen molar-refractivity contribution in [2.75, 3.05) is 18.6 Å². The van der Waals surface area contributed by atoms with Crippen LogP contribution in [-0.4, -0.2) is 24.8 Å². The van der Waals surface area contributed by atoms with Crippen LogP contribution in [0.1, 0.15) is 31.0 Å². The number of carbonyl (C=O) groups is 1. The van der Waals surface area contributed by atoms with E-state index >= 15 is 0 Å². The molecule has 5 nitrogen and oxygen atoms in total. The average molecular weight is 397 g/mol. The fourth-order valence-corrected chi connectivity index (χ4v) is 3.72. The summed E-state index contributed by atoms with van der Waals surface area (Å²) in [7, 11) is 1.39. The van der Waals surface area contributed by atoms with Gasteiger partial charge in [0.2, 0.25) is 0 Å². The second kappa shape index (κ2) is 8.44. The van der Waals surface area contributed by atoms with Crippen molar-refractivity contribution in [2.45, 2.75) is 26.8 Å². The molecule has 0 saturated heterocycles. The van der Waals surface area contributed by atoms with Crippen molar-refractivity contribution in [1.29, 1.82) is 0 Å². The molecule has 1 N–H and O–H groups in total. The molecule has 1 atom stereocenters. The maximum Gasteiger partial charge on any atom is 0.337 e. The maximum absolute atomic E-state index is 12.7. The van der Waals surface area contributed by atoms with E-state index in [-0.39, 0.29) is 0 Å². The number of aryl methyl sites for hydroxylation is 1. The van der Waals surface area contributed by atoms with Gasteiger partial charge >= 0.3 is 5.97 Å². The number of rotatable bonds is 5.